The third kappa shape index (κ3) is 4.73. The summed E-state index contributed by atoms with van der Waals surface area (Å²) in [6.07, 6.45) is 3.63. The number of hydrogen-bond acceptors (Lipinski definition) is 8. The highest BCUT2D eigenvalue weighted by atomic mass is 32.1. The second-order valence-corrected chi connectivity index (χ2v) is 8.41. The molecule has 1 fully saturated rings. The van der Waals surface area contributed by atoms with Crippen molar-refractivity contribution in [2.24, 2.45) is 0 Å². The van der Waals surface area contributed by atoms with Gasteiger partial charge in [-0.3, -0.25) is 9.69 Å². The molecule has 29 heavy (non-hydrogen) atoms. The lowest BCUT2D eigenvalue weighted by atomic mass is 10.2. The summed E-state index contributed by atoms with van der Waals surface area (Å²) in [7, 11) is 0. The number of anilines is 2. The molecule has 1 N–H and O–H groups in total. The number of rotatable bonds is 7. The lowest BCUT2D eigenvalue weighted by Crippen LogP contribution is -2.49. The molecule has 0 saturated carbocycles. The fraction of sp³-hybridized carbons (Fsp3) is 0.500. The summed E-state index contributed by atoms with van der Waals surface area (Å²) < 4.78 is 1.39. The summed E-state index contributed by atoms with van der Waals surface area (Å²) in [4.78, 5) is 26.7. The number of nitrogens with zero attached hydrogens (tertiary/aromatic N) is 6. The Kier molecular flexibility index (Phi) is 6.05. The molecule has 4 rings (SSSR count). The van der Waals surface area contributed by atoms with E-state index in [1.165, 1.54) is 15.9 Å². The highest BCUT2D eigenvalue weighted by Crippen LogP contribution is 2.18. The van der Waals surface area contributed by atoms with E-state index in [4.69, 9.17) is 0 Å². The molecule has 3 aromatic rings. The van der Waals surface area contributed by atoms with Crippen molar-refractivity contribution in [1.82, 2.24) is 24.5 Å². The van der Waals surface area contributed by atoms with Crippen molar-refractivity contribution in [3.05, 3.63) is 46.5 Å². The van der Waals surface area contributed by atoms with Crippen LogP contribution in [0.15, 0.2) is 35.3 Å². The SMILES string of the molecule is CCCc1cc(=O)n2nc(NC(C)CN3CCN(c4ccccn4)CC3)sc2n1. The first-order valence-electron chi connectivity index (χ1n) is 10.2. The Morgan fingerprint density at radius 1 is 1.24 bits per heavy atom. The van der Waals surface area contributed by atoms with Gasteiger partial charge in [0, 0.05) is 56.7 Å². The van der Waals surface area contributed by atoms with Crippen molar-refractivity contribution >= 4 is 27.2 Å². The molecule has 4 heterocycles. The van der Waals surface area contributed by atoms with Crippen LogP contribution in [0.1, 0.15) is 26.0 Å². The zero-order valence-corrected chi connectivity index (χ0v) is 17.7. The molecular weight excluding hydrogens is 386 g/mol. The van der Waals surface area contributed by atoms with Gasteiger partial charge in [-0.25, -0.2) is 9.97 Å². The molecule has 1 unspecified atom stereocenters. The lowest BCUT2D eigenvalue weighted by Gasteiger charge is -2.36. The Labute approximate surface area is 174 Å². The van der Waals surface area contributed by atoms with E-state index in [1.807, 2.05) is 18.3 Å². The largest absolute Gasteiger partial charge is 0.356 e. The predicted octanol–water partition coefficient (Wildman–Crippen LogP) is 2.12. The molecule has 0 bridgehead atoms. The van der Waals surface area contributed by atoms with Gasteiger partial charge in [0.25, 0.3) is 5.56 Å². The van der Waals surface area contributed by atoms with Crippen LogP contribution in [0.4, 0.5) is 10.9 Å². The van der Waals surface area contributed by atoms with Gasteiger partial charge in [0.2, 0.25) is 10.1 Å². The van der Waals surface area contributed by atoms with Gasteiger partial charge in [-0.05, 0) is 25.5 Å². The van der Waals surface area contributed by atoms with Crippen LogP contribution in [-0.4, -0.2) is 63.2 Å². The van der Waals surface area contributed by atoms with Crippen molar-refractivity contribution in [1.29, 1.82) is 0 Å². The monoisotopic (exact) mass is 413 g/mol. The normalized spacial score (nSPS) is 16.3. The Hall–Kier alpha value is -2.52. The van der Waals surface area contributed by atoms with E-state index >= 15 is 0 Å². The highest BCUT2D eigenvalue weighted by molar-refractivity contribution is 7.20. The molecule has 1 atom stereocenters. The van der Waals surface area contributed by atoms with E-state index in [0.717, 1.165) is 62.2 Å². The Bertz CT molecular complexity index is 995. The van der Waals surface area contributed by atoms with Crippen molar-refractivity contribution in [2.45, 2.75) is 32.7 Å². The van der Waals surface area contributed by atoms with Gasteiger partial charge in [-0.2, -0.15) is 4.52 Å². The smallest absolute Gasteiger partial charge is 0.275 e. The molecule has 1 saturated heterocycles. The molecule has 0 aromatic carbocycles. The molecule has 8 nitrogen and oxygen atoms in total. The van der Waals surface area contributed by atoms with Crippen LogP contribution in [0, 0.1) is 0 Å². The van der Waals surface area contributed by atoms with Crippen LogP contribution in [0.3, 0.4) is 0 Å². The molecular formula is C20H27N7OS. The number of aryl methyl sites for hydroxylation is 1. The standard InChI is InChI=1S/C20H27N7OS/c1-3-6-16-13-18(28)27-20(23-16)29-19(24-27)22-15(2)14-25-9-11-26(12-10-25)17-7-4-5-8-21-17/h4-5,7-8,13,15H,3,6,9-12,14H2,1-2H3,(H,22,24). The number of aromatic nitrogens is 4. The molecule has 0 spiro atoms. The topological polar surface area (TPSA) is 78.7 Å². The summed E-state index contributed by atoms with van der Waals surface area (Å²) in [5.41, 5.74) is 0.729. The number of piperazine rings is 1. The maximum Gasteiger partial charge on any atom is 0.275 e. The van der Waals surface area contributed by atoms with Crippen LogP contribution < -0.4 is 15.8 Å². The van der Waals surface area contributed by atoms with Gasteiger partial charge in [0.05, 0.1) is 0 Å². The molecule has 154 valence electrons. The van der Waals surface area contributed by atoms with Crippen LogP contribution in [0.5, 0.6) is 0 Å². The van der Waals surface area contributed by atoms with E-state index in [-0.39, 0.29) is 11.6 Å². The first-order valence-corrected chi connectivity index (χ1v) is 11.0. The summed E-state index contributed by atoms with van der Waals surface area (Å²) in [5.74, 6) is 1.05. The molecule has 0 amide bonds. The van der Waals surface area contributed by atoms with E-state index in [9.17, 15) is 4.79 Å². The van der Waals surface area contributed by atoms with Gasteiger partial charge < -0.3 is 10.2 Å². The Morgan fingerprint density at radius 2 is 2.07 bits per heavy atom. The number of hydrogen-bond donors (Lipinski definition) is 1. The molecule has 1 aliphatic heterocycles. The van der Waals surface area contributed by atoms with Gasteiger partial charge in [0.1, 0.15) is 5.82 Å². The maximum atomic E-state index is 12.3. The van der Waals surface area contributed by atoms with Crippen molar-refractivity contribution in [3.8, 4) is 0 Å². The number of pyridine rings is 1. The number of nitrogens with one attached hydrogen (secondary N) is 1. The van der Waals surface area contributed by atoms with E-state index in [0.29, 0.717) is 4.96 Å². The molecule has 9 heteroatoms. The van der Waals surface area contributed by atoms with Crippen molar-refractivity contribution in [2.75, 3.05) is 42.9 Å². The van der Waals surface area contributed by atoms with E-state index in [1.54, 1.807) is 6.07 Å². The van der Waals surface area contributed by atoms with Gasteiger partial charge in [-0.15, -0.1) is 5.10 Å². The molecule has 1 aliphatic rings. The van der Waals surface area contributed by atoms with Crippen molar-refractivity contribution in [3.63, 3.8) is 0 Å². The molecule has 0 aliphatic carbocycles. The molecule has 3 aromatic heterocycles. The quantitative estimate of drug-likeness (QED) is 0.636. The maximum absolute atomic E-state index is 12.3. The minimum absolute atomic E-state index is 0.110. The van der Waals surface area contributed by atoms with E-state index < -0.39 is 0 Å². The fourth-order valence-corrected chi connectivity index (χ4v) is 4.58. The highest BCUT2D eigenvalue weighted by Gasteiger charge is 2.20. The second-order valence-electron chi connectivity index (χ2n) is 7.46. The van der Waals surface area contributed by atoms with Crippen molar-refractivity contribution < 1.29 is 0 Å². The van der Waals surface area contributed by atoms with Crippen LogP contribution in [0.25, 0.3) is 4.96 Å². The van der Waals surface area contributed by atoms with Crippen LogP contribution in [0.2, 0.25) is 0 Å². The fourth-order valence-electron chi connectivity index (χ4n) is 3.64. The lowest BCUT2D eigenvalue weighted by molar-refractivity contribution is 0.250. The minimum Gasteiger partial charge on any atom is -0.356 e. The predicted molar refractivity (Wildman–Crippen MR) is 117 cm³/mol. The van der Waals surface area contributed by atoms with Gasteiger partial charge in [0.15, 0.2) is 0 Å². The third-order valence-electron chi connectivity index (χ3n) is 5.05. The Morgan fingerprint density at radius 3 is 2.79 bits per heavy atom. The second kappa shape index (κ2) is 8.87. The summed E-state index contributed by atoms with van der Waals surface area (Å²) in [6, 6.07) is 7.86. The summed E-state index contributed by atoms with van der Waals surface area (Å²) in [5, 5.41) is 8.59. The average molecular weight is 414 g/mol. The Balaban J connectivity index is 1.33. The van der Waals surface area contributed by atoms with Crippen LogP contribution in [-0.2, 0) is 6.42 Å². The van der Waals surface area contributed by atoms with E-state index in [2.05, 4.69) is 50.1 Å². The minimum atomic E-state index is -0.110. The zero-order valence-electron chi connectivity index (χ0n) is 16.9. The first-order chi connectivity index (χ1) is 14.1. The summed E-state index contributed by atoms with van der Waals surface area (Å²) >= 11 is 1.43. The van der Waals surface area contributed by atoms with Gasteiger partial charge in [-0.1, -0.05) is 30.7 Å². The number of fused-ring (bicyclic) bond motifs is 1. The third-order valence-corrected chi connectivity index (χ3v) is 5.89. The summed E-state index contributed by atoms with van der Waals surface area (Å²) in [6.45, 7) is 9.12. The first kappa shape index (κ1) is 19.8. The van der Waals surface area contributed by atoms with Gasteiger partial charge >= 0.3 is 0 Å². The average Bonchev–Trinajstić information content (AvgIpc) is 3.12. The zero-order chi connectivity index (χ0) is 20.2. The van der Waals surface area contributed by atoms with Crippen LogP contribution >= 0.6 is 11.3 Å². The molecule has 0 radical (unpaired) electrons.